The lowest BCUT2D eigenvalue weighted by Crippen LogP contribution is -2.57. The summed E-state index contributed by atoms with van der Waals surface area (Å²) in [6.45, 7) is 3.49. The Labute approximate surface area is 177 Å². The maximum atomic E-state index is 12.8. The van der Waals surface area contributed by atoms with Gasteiger partial charge in [-0.3, -0.25) is 9.59 Å². The van der Waals surface area contributed by atoms with E-state index in [9.17, 15) is 4.79 Å². The van der Waals surface area contributed by atoms with Crippen molar-refractivity contribution in [2.45, 2.75) is 25.5 Å². The Morgan fingerprint density at radius 2 is 2.17 bits per heavy atom. The number of nitrogens with one attached hydrogen (secondary N) is 1. The highest BCUT2D eigenvalue weighted by atomic mass is 32.1. The van der Waals surface area contributed by atoms with Crippen LogP contribution in [0.5, 0.6) is 5.75 Å². The zero-order valence-electron chi connectivity index (χ0n) is 16.3. The van der Waals surface area contributed by atoms with Gasteiger partial charge in [0.2, 0.25) is 0 Å². The molecule has 158 valence electrons. The van der Waals surface area contributed by atoms with E-state index in [1.54, 1.807) is 12.5 Å². The molecule has 0 radical (unpaired) electrons. The van der Waals surface area contributed by atoms with Crippen LogP contribution in [-0.2, 0) is 11.4 Å². The summed E-state index contributed by atoms with van der Waals surface area (Å²) in [4.78, 5) is 23.6. The molecule has 3 aliphatic heterocycles. The normalized spacial score (nSPS) is 22.2. The van der Waals surface area contributed by atoms with Gasteiger partial charge < -0.3 is 24.5 Å². The fourth-order valence-electron chi connectivity index (χ4n) is 4.08. The first kappa shape index (κ1) is 20.4. The second kappa shape index (κ2) is 9.27. The van der Waals surface area contributed by atoms with Crippen LogP contribution < -0.4 is 10.1 Å². The number of fused-ring (bicyclic) bond motifs is 4. The van der Waals surface area contributed by atoms with Crippen molar-refractivity contribution >= 4 is 34.0 Å². The second-order valence-electron chi connectivity index (χ2n) is 7.43. The van der Waals surface area contributed by atoms with Crippen LogP contribution >= 0.6 is 11.5 Å². The number of aromatic nitrogens is 1. The highest BCUT2D eigenvalue weighted by molar-refractivity contribution is 7.13. The smallest absolute Gasteiger partial charge is 0.290 e. The standard InChI is InChI=1S/C20H21N3O3S.CH2O2/c24-20(21-17-10-23-6-3-14(17)4-7-23)19-16-2-1-15(9-18(16)27-22-19)26-12-13-5-8-25-11-13;2-1-3/h1-2,5,8-9,11,14,17H,3-4,6-7,10,12H2,(H,21,24);1H,(H,2,3)/t17-;/m1./s1. The number of furan rings is 1. The third kappa shape index (κ3) is 4.47. The molecule has 3 fully saturated rings. The molecule has 30 heavy (non-hydrogen) atoms. The summed E-state index contributed by atoms with van der Waals surface area (Å²) >= 11 is 1.34. The molecule has 0 saturated carbocycles. The molecule has 2 aromatic heterocycles. The van der Waals surface area contributed by atoms with Crippen molar-refractivity contribution in [2.75, 3.05) is 19.6 Å². The van der Waals surface area contributed by atoms with Crippen LogP contribution in [0.1, 0.15) is 28.9 Å². The average Bonchev–Trinajstić information content (AvgIpc) is 3.43. The summed E-state index contributed by atoms with van der Waals surface area (Å²) in [7, 11) is 0. The summed E-state index contributed by atoms with van der Waals surface area (Å²) in [6, 6.07) is 7.88. The summed E-state index contributed by atoms with van der Waals surface area (Å²) in [5, 5.41) is 11.0. The molecule has 3 saturated heterocycles. The summed E-state index contributed by atoms with van der Waals surface area (Å²) < 4.78 is 16.2. The molecule has 3 aromatic rings. The van der Waals surface area contributed by atoms with Gasteiger partial charge in [-0.15, -0.1) is 0 Å². The monoisotopic (exact) mass is 429 g/mol. The quantitative estimate of drug-likeness (QED) is 0.601. The molecule has 5 heterocycles. The minimum Gasteiger partial charge on any atom is -0.489 e. The van der Waals surface area contributed by atoms with Crippen LogP contribution in [0.3, 0.4) is 0 Å². The van der Waals surface area contributed by atoms with Crippen molar-refractivity contribution in [1.29, 1.82) is 0 Å². The number of piperidine rings is 3. The number of hydrogen-bond donors (Lipinski definition) is 2. The SMILES string of the molecule is O=C(N[C@@H]1CN2CCC1CC2)c1nsc2cc(OCc3ccoc3)ccc12.O=CO. The lowest BCUT2D eigenvalue weighted by atomic mass is 9.84. The van der Waals surface area contributed by atoms with Gasteiger partial charge in [-0.2, -0.15) is 4.37 Å². The number of carbonyl (C=O) groups excluding carboxylic acids is 1. The zero-order chi connectivity index (χ0) is 20.9. The van der Waals surface area contributed by atoms with Crippen molar-refractivity contribution in [3.8, 4) is 5.75 Å². The largest absolute Gasteiger partial charge is 0.489 e. The fourth-order valence-corrected chi connectivity index (χ4v) is 4.88. The lowest BCUT2D eigenvalue weighted by molar-refractivity contribution is -0.122. The van der Waals surface area contributed by atoms with Crippen molar-refractivity contribution in [3.63, 3.8) is 0 Å². The number of hydrogen-bond acceptors (Lipinski definition) is 7. The summed E-state index contributed by atoms with van der Waals surface area (Å²) in [5.41, 5.74) is 1.50. The third-order valence-electron chi connectivity index (χ3n) is 5.62. The Morgan fingerprint density at radius 1 is 1.37 bits per heavy atom. The minimum atomic E-state index is -0.250. The molecule has 2 bridgehead atoms. The van der Waals surface area contributed by atoms with Crippen LogP contribution in [0.2, 0.25) is 0 Å². The van der Waals surface area contributed by atoms with Gasteiger partial charge in [0.05, 0.1) is 17.2 Å². The van der Waals surface area contributed by atoms with Crippen LogP contribution in [0, 0.1) is 5.92 Å². The maximum absolute atomic E-state index is 12.8. The number of ether oxygens (including phenoxy) is 1. The van der Waals surface area contributed by atoms with Crippen molar-refractivity contribution in [1.82, 2.24) is 14.6 Å². The number of amides is 1. The molecule has 3 aliphatic rings. The Bertz CT molecular complexity index is 995. The predicted molar refractivity (Wildman–Crippen MR) is 112 cm³/mol. The van der Waals surface area contributed by atoms with E-state index in [0.29, 0.717) is 18.2 Å². The molecule has 1 atom stereocenters. The summed E-state index contributed by atoms with van der Waals surface area (Å²) in [5.74, 6) is 1.30. The average molecular weight is 429 g/mol. The van der Waals surface area contributed by atoms with Crippen molar-refractivity contribution in [3.05, 3.63) is 48.0 Å². The van der Waals surface area contributed by atoms with E-state index >= 15 is 0 Å². The molecule has 9 heteroatoms. The number of benzene rings is 1. The van der Waals surface area contributed by atoms with Gasteiger partial charge >= 0.3 is 0 Å². The van der Waals surface area contributed by atoms with E-state index < -0.39 is 0 Å². The number of carboxylic acid groups (broad SMARTS) is 1. The van der Waals surface area contributed by atoms with E-state index in [1.807, 2.05) is 24.3 Å². The first-order valence-corrected chi connectivity index (χ1v) is 10.6. The van der Waals surface area contributed by atoms with E-state index in [2.05, 4.69) is 14.6 Å². The molecule has 8 nitrogen and oxygen atoms in total. The molecule has 0 unspecified atom stereocenters. The first-order valence-electron chi connectivity index (χ1n) is 9.82. The molecular weight excluding hydrogens is 406 g/mol. The molecular formula is C21H23N3O5S. The molecule has 6 rings (SSSR count). The number of rotatable bonds is 5. The van der Waals surface area contributed by atoms with Gasteiger partial charge in [-0.25, -0.2) is 0 Å². The van der Waals surface area contributed by atoms with Crippen LogP contribution in [0.15, 0.2) is 41.2 Å². The van der Waals surface area contributed by atoms with Crippen LogP contribution in [-0.4, -0.2) is 52.4 Å². The van der Waals surface area contributed by atoms with Gasteiger partial charge in [-0.05, 0) is 67.6 Å². The van der Waals surface area contributed by atoms with Gasteiger partial charge in [0.1, 0.15) is 18.1 Å². The minimum absolute atomic E-state index is 0.0629. The predicted octanol–water partition coefficient (Wildman–Crippen LogP) is 2.99. The van der Waals surface area contributed by atoms with E-state index in [-0.39, 0.29) is 18.4 Å². The Morgan fingerprint density at radius 3 is 2.83 bits per heavy atom. The molecule has 0 spiro atoms. The highest BCUT2D eigenvalue weighted by Gasteiger charge is 2.35. The van der Waals surface area contributed by atoms with Crippen molar-refractivity contribution < 1.29 is 23.8 Å². The van der Waals surface area contributed by atoms with E-state index in [1.165, 1.54) is 24.4 Å². The van der Waals surface area contributed by atoms with Gasteiger partial charge in [0.15, 0.2) is 0 Å². The Kier molecular flexibility index (Phi) is 6.29. The molecule has 0 aliphatic carbocycles. The molecule has 1 aromatic carbocycles. The maximum Gasteiger partial charge on any atom is 0.290 e. The lowest BCUT2D eigenvalue weighted by Gasteiger charge is -2.44. The van der Waals surface area contributed by atoms with E-state index in [4.69, 9.17) is 19.1 Å². The highest BCUT2D eigenvalue weighted by Crippen LogP contribution is 2.30. The third-order valence-corrected chi connectivity index (χ3v) is 6.43. The number of nitrogens with zero attached hydrogens (tertiary/aromatic N) is 2. The van der Waals surface area contributed by atoms with Crippen LogP contribution in [0.4, 0.5) is 0 Å². The molecule has 2 N–H and O–H groups in total. The molecule has 1 amide bonds. The van der Waals surface area contributed by atoms with Gasteiger partial charge in [0, 0.05) is 23.5 Å². The Hall–Kier alpha value is -2.91. The Balaban J connectivity index is 0.000000687. The first-order chi connectivity index (χ1) is 14.7. The van der Waals surface area contributed by atoms with E-state index in [0.717, 1.165) is 41.0 Å². The summed E-state index contributed by atoms with van der Waals surface area (Å²) in [6.07, 6.45) is 5.66. The zero-order valence-corrected chi connectivity index (χ0v) is 17.1. The topological polar surface area (TPSA) is 105 Å². The number of carbonyl (C=O) groups is 2. The van der Waals surface area contributed by atoms with Crippen LogP contribution in [0.25, 0.3) is 10.1 Å². The van der Waals surface area contributed by atoms with Gasteiger partial charge in [-0.1, -0.05) is 0 Å². The van der Waals surface area contributed by atoms with Crippen molar-refractivity contribution in [2.24, 2.45) is 5.92 Å². The van der Waals surface area contributed by atoms with Gasteiger partial charge in [0.25, 0.3) is 12.4 Å². The second-order valence-corrected chi connectivity index (χ2v) is 8.24. The fraction of sp³-hybridized carbons (Fsp3) is 0.381.